The van der Waals surface area contributed by atoms with Crippen molar-refractivity contribution in [3.63, 3.8) is 0 Å². The molecule has 0 saturated carbocycles. The monoisotopic (exact) mass is 397 g/mol. The number of ether oxygens (including phenoxy) is 2. The van der Waals surface area contributed by atoms with Gasteiger partial charge < -0.3 is 20.5 Å². The Morgan fingerprint density at radius 3 is 2.52 bits per heavy atom. The van der Waals surface area contributed by atoms with Crippen molar-refractivity contribution < 1.29 is 18.7 Å². The summed E-state index contributed by atoms with van der Waals surface area (Å²) in [7, 11) is 1.59. The molecule has 0 aliphatic carbocycles. The molecule has 29 heavy (non-hydrogen) atoms. The van der Waals surface area contributed by atoms with E-state index in [1.165, 1.54) is 6.07 Å². The molecule has 3 rings (SSSR count). The third kappa shape index (κ3) is 4.91. The summed E-state index contributed by atoms with van der Waals surface area (Å²) in [5, 5.41) is 12.1. The summed E-state index contributed by atoms with van der Waals surface area (Å²) < 4.78 is 25.0. The Balaban J connectivity index is 1.69. The molecule has 0 bridgehead atoms. The fraction of sp³-hybridized carbons (Fsp3) is 0.364. The molecule has 1 atom stereocenters. The van der Waals surface area contributed by atoms with Crippen LogP contribution in [0, 0.1) is 17.1 Å². The number of hydrogen-bond donors (Lipinski definition) is 2. The second kappa shape index (κ2) is 9.03. The van der Waals surface area contributed by atoms with Crippen molar-refractivity contribution in [2.45, 2.75) is 30.8 Å². The number of amides is 1. The fourth-order valence-corrected chi connectivity index (χ4v) is 3.29. The Labute approximate surface area is 169 Å². The fourth-order valence-electron chi connectivity index (χ4n) is 3.29. The average molecular weight is 397 g/mol. The predicted molar refractivity (Wildman–Crippen MR) is 107 cm³/mol. The maximum atomic E-state index is 14.7. The van der Waals surface area contributed by atoms with Gasteiger partial charge in [-0.25, -0.2) is 4.39 Å². The lowest BCUT2D eigenvalue weighted by molar-refractivity contribution is -0.130. The molecule has 6 nitrogen and oxygen atoms in total. The van der Waals surface area contributed by atoms with Gasteiger partial charge in [-0.15, -0.1) is 0 Å². The second-order valence-corrected chi connectivity index (χ2v) is 7.16. The molecule has 152 valence electrons. The number of nitrogens with two attached hydrogens (primary N) is 1. The predicted octanol–water partition coefficient (Wildman–Crippen LogP) is 2.56. The third-order valence-corrected chi connectivity index (χ3v) is 5.20. The summed E-state index contributed by atoms with van der Waals surface area (Å²) in [5.74, 6) is -0.107. The number of hydrogen-bond acceptors (Lipinski definition) is 5. The molecule has 0 aromatic heterocycles. The molecule has 1 fully saturated rings. The van der Waals surface area contributed by atoms with Gasteiger partial charge in [-0.1, -0.05) is 24.3 Å². The van der Waals surface area contributed by atoms with Crippen molar-refractivity contribution in [1.29, 1.82) is 5.26 Å². The van der Waals surface area contributed by atoms with Gasteiger partial charge in [-0.05, 0) is 47.7 Å². The van der Waals surface area contributed by atoms with Crippen LogP contribution in [0.2, 0.25) is 0 Å². The maximum absolute atomic E-state index is 14.7. The molecule has 7 heteroatoms. The van der Waals surface area contributed by atoms with Gasteiger partial charge in [-0.2, -0.15) is 5.26 Å². The summed E-state index contributed by atoms with van der Waals surface area (Å²) >= 11 is 0. The molecule has 1 amide bonds. The van der Waals surface area contributed by atoms with Gasteiger partial charge in [0.15, 0.2) is 0 Å². The van der Waals surface area contributed by atoms with Crippen molar-refractivity contribution in [2.24, 2.45) is 5.73 Å². The van der Waals surface area contributed by atoms with Gasteiger partial charge in [0.1, 0.15) is 17.6 Å². The molecule has 3 N–H and O–H groups in total. The number of benzene rings is 2. The Hall–Kier alpha value is -2.95. The molecular formula is C22H24FN3O3. The van der Waals surface area contributed by atoms with E-state index < -0.39 is 23.3 Å². The minimum atomic E-state index is -1.05. The molecule has 1 aliphatic heterocycles. The maximum Gasteiger partial charge on any atom is 0.241 e. The second-order valence-electron chi connectivity index (χ2n) is 7.16. The van der Waals surface area contributed by atoms with Crippen LogP contribution in [0.5, 0.6) is 5.75 Å². The van der Waals surface area contributed by atoms with Crippen molar-refractivity contribution in [2.75, 3.05) is 20.3 Å². The molecule has 2 aromatic carbocycles. The average Bonchev–Trinajstić information content (AvgIpc) is 2.75. The molecule has 0 spiro atoms. The molecule has 1 unspecified atom stereocenters. The van der Waals surface area contributed by atoms with Gasteiger partial charge in [0.05, 0.1) is 18.7 Å². The van der Waals surface area contributed by atoms with Crippen LogP contribution in [0.1, 0.15) is 18.4 Å². The first-order chi connectivity index (χ1) is 13.9. The van der Waals surface area contributed by atoms with E-state index in [1.54, 1.807) is 31.4 Å². The van der Waals surface area contributed by atoms with Gasteiger partial charge in [0.2, 0.25) is 5.91 Å². The zero-order chi connectivity index (χ0) is 20.9. The van der Waals surface area contributed by atoms with Crippen LogP contribution in [-0.2, 0) is 16.0 Å². The van der Waals surface area contributed by atoms with E-state index in [0.29, 0.717) is 31.6 Å². The highest BCUT2D eigenvalue weighted by Crippen LogP contribution is 2.25. The first-order valence-corrected chi connectivity index (χ1v) is 9.45. The number of carbonyl (C=O) groups excluding carboxylic acids is 1. The quantitative estimate of drug-likeness (QED) is 0.781. The van der Waals surface area contributed by atoms with E-state index in [4.69, 9.17) is 15.2 Å². The van der Waals surface area contributed by atoms with E-state index >= 15 is 0 Å². The Morgan fingerprint density at radius 1 is 1.28 bits per heavy atom. The van der Waals surface area contributed by atoms with Crippen molar-refractivity contribution in [1.82, 2.24) is 5.32 Å². The Kier molecular flexibility index (Phi) is 6.47. The van der Waals surface area contributed by atoms with Crippen LogP contribution < -0.4 is 15.8 Å². The number of methoxy groups -OCH3 is 1. The van der Waals surface area contributed by atoms with Gasteiger partial charge >= 0.3 is 0 Å². The lowest BCUT2D eigenvalue weighted by atomic mass is 9.90. The Bertz CT molecular complexity index is 903. The van der Waals surface area contributed by atoms with Crippen LogP contribution >= 0.6 is 0 Å². The minimum Gasteiger partial charge on any atom is -0.497 e. The summed E-state index contributed by atoms with van der Waals surface area (Å²) in [6.45, 7) is 0.811. The molecule has 1 saturated heterocycles. The number of halogens is 1. The standard InChI is InChI=1S/C22H24FN3O3/c1-28-19-6-4-15(5-7-19)16-2-3-17(20(23)13-16)12-18(14-24)26-21(27)22(25)8-10-29-11-9-22/h2-7,13,18H,8-12,25H2,1H3,(H,26,27). The number of carbonyl (C=O) groups is 1. The topological polar surface area (TPSA) is 97.4 Å². The van der Waals surface area contributed by atoms with Gasteiger partial charge in [0.25, 0.3) is 0 Å². The largest absolute Gasteiger partial charge is 0.497 e. The summed E-state index contributed by atoms with van der Waals surface area (Å²) in [4.78, 5) is 12.5. The van der Waals surface area contributed by atoms with E-state index in [1.807, 2.05) is 18.2 Å². The van der Waals surface area contributed by atoms with Crippen molar-refractivity contribution >= 4 is 5.91 Å². The zero-order valence-corrected chi connectivity index (χ0v) is 16.3. The normalized spacial score (nSPS) is 16.5. The van der Waals surface area contributed by atoms with Crippen LogP contribution in [0.15, 0.2) is 42.5 Å². The number of nitrogens with zero attached hydrogens (tertiary/aromatic N) is 1. The number of nitriles is 1. The summed E-state index contributed by atoms with van der Waals surface area (Å²) in [6, 6.07) is 13.3. The van der Waals surface area contributed by atoms with E-state index in [-0.39, 0.29) is 6.42 Å². The molecular weight excluding hydrogens is 373 g/mol. The van der Waals surface area contributed by atoms with Crippen molar-refractivity contribution in [3.8, 4) is 22.9 Å². The minimum absolute atomic E-state index is 0.0591. The van der Waals surface area contributed by atoms with Crippen LogP contribution in [0.4, 0.5) is 4.39 Å². The van der Waals surface area contributed by atoms with Crippen molar-refractivity contribution in [3.05, 3.63) is 53.8 Å². The summed E-state index contributed by atoms with van der Waals surface area (Å²) in [6.07, 6.45) is 0.841. The lowest BCUT2D eigenvalue weighted by Crippen LogP contribution is -2.58. The van der Waals surface area contributed by atoms with Gasteiger partial charge in [-0.3, -0.25) is 4.79 Å². The van der Waals surface area contributed by atoms with Crippen LogP contribution in [0.3, 0.4) is 0 Å². The smallest absolute Gasteiger partial charge is 0.241 e. The molecule has 1 aliphatic rings. The van der Waals surface area contributed by atoms with Crippen LogP contribution in [0.25, 0.3) is 11.1 Å². The molecule has 0 radical (unpaired) electrons. The van der Waals surface area contributed by atoms with E-state index in [2.05, 4.69) is 5.32 Å². The number of rotatable bonds is 6. The molecule has 1 heterocycles. The SMILES string of the molecule is COc1ccc(-c2ccc(CC(C#N)NC(=O)C3(N)CCOCC3)c(F)c2)cc1. The van der Waals surface area contributed by atoms with Gasteiger partial charge in [0, 0.05) is 19.6 Å². The van der Waals surface area contributed by atoms with Crippen LogP contribution in [-0.4, -0.2) is 37.8 Å². The number of nitrogens with one attached hydrogen (secondary N) is 1. The van der Waals surface area contributed by atoms with E-state index in [9.17, 15) is 14.4 Å². The molecule has 2 aromatic rings. The zero-order valence-electron chi connectivity index (χ0n) is 16.3. The van der Waals surface area contributed by atoms with E-state index in [0.717, 1.165) is 16.9 Å². The Morgan fingerprint density at radius 2 is 1.93 bits per heavy atom. The highest BCUT2D eigenvalue weighted by atomic mass is 19.1. The highest BCUT2D eigenvalue weighted by Gasteiger charge is 2.36. The lowest BCUT2D eigenvalue weighted by Gasteiger charge is -2.32. The first-order valence-electron chi connectivity index (χ1n) is 9.45. The highest BCUT2D eigenvalue weighted by molar-refractivity contribution is 5.86. The summed E-state index contributed by atoms with van der Waals surface area (Å²) in [5.41, 5.74) is 7.02. The first kappa shape index (κ1) is 20.8. The third-order valence-electron chi connectivity index (χ3n) is 5.20.